The molecule has 1 N–H and O–H groups in total. The first-order chi connectivity index (χ1) is 9.31. The highest BCUT2D eigenvalue weighted by molar-refractivity contribution is 5.34. The number of benzene rings is 1. The third-order valence-corrected chi connectivity index (χ3v) is 2.83. The third kappa shape index (κ3) is 3.60. The molecule has 1 aromatic carbocycles. The van der Waals surface area contributed by atoms with Crippen molar-refractivity contribution in [1.29, 1.82) is 5.26 Å². The number of rotatable bonds is 5. The molecular formula is C15H14FN3. The highest BCUT2D eigenvalue weighted by atomic mass is 19.1. The van der Waals surface area contributed by atoms with Crippen LogP contribution in [0.2, 0.25) is 0 Å². The quantitative estimate of drug-likeness (QED) is 0.835. The summed E-state index contributed by atoms with van der Waals surface area (Å²) in [6.45, 7) is 1.16. The van der Waals surface area contributed by atoms with Crippen LogP contribution in [0, 0.1) is 17.1 Å². The zero-order valence-corrected chi connectivity index (χ0v) is 10.4. The Morgan fingerprint density at radius 3 is 2.89 bits per heavy atom. The molecule has 3 nitrogen and oxygen atoms in total. The topological polar surface area (TPSA) is 48.7 Å². The van der Waals surface area contributed by atoms with Gasteiger partial charge in [0.05, 0.1) is 5.56 Å². The summed E-state index contributed by atoms with van der Waals surface area (Å²) >= 11 is 0. The summed E-state index contributed by atoms with van der Waals surface area (Å²) in [5.74, 6) is -0.432. The number of nitrogens with one attached hydrogen (secondary N) is 1. The lowest BCUT2D eigenvalue weighted by molar-refractivity contribution is 0.585. The van der Waals surface area contributed by atoms with E-state index in [0.717, 1.165) is 18.5 Å². The Kier molecular flexibility index (Phi) is 4.60. The van der Waals surface area contributed by atoms with E-state index in [-0.39, 0.29) is 5.56 Å². The van der Waals surface area contributed by atoms with Crippen LogP contribution >= 0.6 is 0 Å². The van der Waals surface area contributed by atoms with Crippen LogP contribution in [0.1, 0.15) is 16.7 Å². The van der Waals surface area contributed by atoms with Crippen LogP contribution in [0.25, 0.3) is 0 Å². The van der Waals surface area contributed by atoms with Gasteiger partial charge in [-0.15, -0.1) is 0 Å². The van der Waals surface area contributed by atoms with Gasteiger partial charge >= 0.3 is 0 Å². The van der Waals surface area contributed by atoms with Crippen molar-refractivity contribution in [2.75, 3.05) is 6.54 Å². The predicted molar refractivity (Wildman–Crippen MR) is 70.8 cm³/mol. The molecule has 2 rings (SSSR count). The van der Waals surface area contributed by atoms with E-state index in [0.29, 0.717) is 12.1 Å². The first kappa shape index (κ1) is 13.2. The highest BCUT2D eigenvalue weighted by Crippen LogP contribution is 2.11. The molecule has 0 amide bonds. The molecule has 0 unspecified atom stereocenters. The summed E-state index contributed by atoms with van der Waals surface area (Å²) in [5.41, 5.74) is 1.75. The Balaban J connectivity index is 1.85. The van der Waals surface area contributed by atoms with Crippen molar-refractivity contribution in [2.24, 2.45) is 0 Å². The lowest BCUT2D eigenvalue weighted by Crippen LogP contribution is -2.17. The molecule has 0 aliphatic rings. The molecule has 2 aromatic rings. The molecule has 0 atom stereocenters. The molecule has 4 heteroatoms. The number of pyridine rings is 1. The number of aromatic nitrogens is 1. The number of nitrogens with zero attached hydrogens (tertiary/aromatic N) is 2. The molecular weight excluding hydrogens is 241 g/mol. The molecule has 0 saturated heterocycles. The summed E-state index contributed by atoms with van der Waals surface area (Å²) in [5, 5.41) is 11.9. The monoisotopic (exact) mass is 255 g/mol. The minimum atomic E-state index is -0.432. The second-order valence-electron chi connectivity index (χ2n) is 4.18. The molecule has 19 heavy (non-hydrogen) atoms. The standard InChI is InChI=1S/C15H14FN3/c16-15-13(9-17)4-1-5-14(15)11-19-8-6-12-3-2-7-18-10-12/h1-5,7,10,19H,6,8,11H2. The van der Waals surface area contributed by atoms with Gasteiger partial charge in [0.2, 0.25) is 0 Å². The first-order valence-electron chi connectivity index (χ1n) is 6.08. The fraction of sp³-hybridized carbons (Fsp3) is 0.200. The third-order valence-electron chi connectivity index (χ3n) is 2.83. The normalized spacial score (nSPS) is 10.1. The van der Waals surface area contributed by atoms with Gasteiger partial charge in [0, 0.05) is 24.5 Å². The maximum atomic E-state index is 13.8. The van der Waals surface area contributed by atoms with Crippen LogP contribution < -0.4 is 5.32 Å². The van der Waals surface area contributed by atoms with E-state index in [1.165, 1.54) is 6.07 Å². The Morgan fingerprint density at radius 1 is 1.26 bits per heavy atom. The summed E-state index contributed by atoms with van der Waals surface area (Å²) in [6.07, 6.45) is 4.39. The van der Waals surface area contributed by atoms with Crippen molar-refractivity contribution in [2.45, 2.75) is 13.0 Å². The van der Waals surface area contributed by atoms with E-state index in [1.54, 1.807) is 18.3 Å². The van der Waals surface area contributed by atoms with Crippen molar-refractivity contribution in [3.8, 4) is 6.07 Å². The smallest absolute Gasteiger partial charge is 0.145 e. The van der Waals surface area contributed by atoms with Gasteiger partial charge in [-0.25, -0.2) is 4.39 Å². The minimum Gasteiger partial charge on any atom is -0.312 e. The summed E-state index contributed by atoms with van der Waals surface area (Å²) in [4.78, 5) is 4.03. The average molecular weight is 255 g/mol. The number of halogens is 1. The van der Waals surface area contributed by atoms with Gasteiger partial charge in [0.25, 0.3) is 0 Å². The molecule has 0 fully saturated rings. The lowest BCUT2D eigenvalue weighted by Gasteiger charge is -2.06. The van der Waals surface area contributed by atoms with E-state index in [2.05, 4.69) is 10.3 Å². The Hall–Kier alpha value is -2.25. The van der Waals surface area contributed by atoms with Gasteiger partial charge in [0.1, 0.15) is 11.9 Å². The van der Waals surface area contributed by atoms with Crippen molar-refractivity contribution in [1.82, 2.24) is 10.3 Å². The SMILES string of the molecule is N#Cc1cccc(CNCCc2cccnc2)c1F. The zero-order chi connectivity index (χ0) is 13.5. The number of nitriles is 1. The highest BCUT2D eigenvalue weighted by Gasteiger charge is 2.06. The fourth-order valence-electron chi connectivity index (χ4n) is 1.80. The molecule has 0 aliphatic heterocycles. The summed E-state index contributed by atoms with van der Waals surface area (Å²) < 4.78 is 13.8. The van der Waals surface area contributed by atoms with E-state index in [4.69, 9.17) is 5.26 Å². The number of hydrogen-bond donors (Lipinski definition) is 1. The molecule has 0 bridgehead atoms. The number of hydrogen-bond acceptors (Lipinski definition) is 3. The molecule has 1 heterocycles. The average Bonchev–Trinajstić information content (AvgIpc) is 2.46. The van der Waals surface area contributed by atoms with Crippen LogP contribution in [0.5, 0.6) is 0 Å². The van der Waals surface area contributed by atoms with E-state index < -0.39 is 5.82 Å². The van der Waals surface area contributed by atoms with Crippen molar-refractivity contribution in [3.05, 3.63) is 65.2 Å². The first-order valence-corrected chi connectivity index (χ1v) is 6.08. The maximum Gasteiger partial charge on any atom is 0.145 e. The zero-order valence-electron chi connectivity index (χ0n) is 10.4. The van der Waals surface area contributed by atoms with Gasteiger partial charge in [-0.2, -0.15) is 5.26 Å². The fourth-order valence-corrected chi connectivity index (χ4v) is 1.80. The largest absolute Gasteiger partial charge is 0.312 e. The van der Waals surface area contributed by atoms with Gasteiger partial charge in [0.15, 0.2) is 0 Å². The van der Waals surface area contributed by atoms with E-state index in [1.807, 2.05) is 24.4 Å². The van der Waals surface area contributed by atoms with Crippen LogP contribution in [0.15, 0.2) is 42.7 Å². The van der Waals surface area contributed by atoms with Crippen LogP contribution in [-0.4, -0.2) is 11.5 Å². The Morgan fingerprint density at radius 2 is 2.16 bits per heavy atom. The maximum absolute atomic E-state index is 13.8. The van der Waals surface area contributed by atoms with E-state index in [9.17, 15) is 4.39 Å². The molecule has 0 aliphatic carbocycles. The molecule has 96 valence electrons. The minimum absolute atomic E-state index is 0.0894. The van der Waals surface area contributed by atoms with Gasteiger partial charge in [-0.1, -0.05) is 18.2 Å². The van der Waals surface area contributed by atoms with Crippen LogP contribution in [0.3, 0.4) is 0 Å². The van der Waals surface area contributed by atoms with Gasteiger partial charge in [-0.3, -0.25) is 4.98 Å². The molecule has 1 aromatic heterocycles. The van der Waals surface area contributed by atoms with E-state index >= 15 is 0 Å². The molecule has 0 spiro atoms. The lowest BCUT2D eigenvalue weighted by atomic mass is 10.1. The second kappa shape index (κ2) is 6.62. The van der Waals surface area contributed by atoms with Crippen LogP contribution in [-0.2, 0) is 13.0 Å². The van der Waals surface area contributed by atoms with Crippen LogP contribution in [0.4, 0.5) is 4.39 Å². The predicted octanol–water partition coefficient (Wildman–Crippen LogP) is 2.42. The van der Waals surface area contributed by atoms with Crippen molar-refractivity contribution >= 4 is 0 Å². The Labute approximate surface area is 111 Å². The summed E-state index contributed by atoms with van der Waals surface area (Å²) in [6, 6.07) is 10.6. The second-order valence-corrected chi connectivity index (χ2v) is 4.18. The van der Waals surface area contributed by atoms with Crippen molar-refractivity contribution in [3.63, 3.8) is 0 Å². The Bertz CT molecular complexity index is 576. The molecule has 0 saturated carbocycles. The van der Waals surface area contributed by atoms with Crippen molar-refractivity contribution < 1.29 is 4.39 Å². The molecule has 0 radical (unpaired) electrons. The summed E-state index contributed by atoms with van der Waals surface area (Å²) in [7, 11) is 0. The van der Waals surface area contributed by atoms with Gasteiger partial charge < -0.3 is 5.32 Å². The van der Waals surface area contributed by atoms with Gasteiger partial charge in [-0.05, 0) is 30.7 Å².